The summed E-state index contributed by atoms with van der Waals surface area (Å²) < 4.78 is 0. The van der Waals surface area contributed by atoms with Gasteiger partial charge in [0.1, 0.15) is 6.04 Å². The highest BCUT2D eigenvalue weighted by Crippen LogP contribution is 2.26. The molecule has 0 radical (unpaired) electrons. The molecule has 1 heterocycles. The zero-order valence-corrected chi connectivity index (χ0v) is 19.4. The highest BCUT2D eigenvalue weighted by atomic mass is 16.2. The summed E-state index contributed by atoms with van der Waals surface area (Å²) in [6.07, 6.45) is 1.22. The van der Waals surface area contributed by atoms with Crippen molar-refractivity contribution < 1.29 is 14.4 Å². The maximum absolute atomic E-state index is 13.2. The number of nitrogens with zero attached hydrogens (tertiary/aromatic N) is 2. The van der Waals surface area contributed by atoms with Gasteiger partial charge in [0.15, 0.2) is 0 Å². The number of carbonyl (C=O) groups is 3. The van der Waals surface area contributed by atoms with E-state index in [-0.39, 0.29) is 23.6 Å². The average molecular weight is 436 g/mol. The van der Waals surface area contributed by atoms with E-state index in [4.69, 9.17) is 0 Å². The number of rotatable bonds is 7. The molecule has 0 aliphatic carbocycles. The number of carbonyl (C=O) groups excluding carboxylic acids is 3. The standard InChI is InChI=1S/C26H33N3O3/c1-5-18(4)25(31)29-17-21-11-9-8-10-20(21)16-23(29)24(30)27-22-14-12-19(13-15-22)26(32)28(6-2)7-3/h8-15,18,23H,5-7,16-17H2,1-4H3,(H,27,30)/t18-,23+/m0/s1. The van der Waals surface area contributed by atoms with Crippen molar-refractivity contribution in [3.8, 4) is 0 Å². The van der Waals surface area contributed by atoms with Crippen LogP contribution in [0.1, 0.15) is 55.6 Å². The van der Waals surface area contributed by atoms with Crippen molar-refractivity contribution in [1.29, 1.82) is 0 Å². The van der Waals surface area contributed by atoms with Gasteiger partial charge in [0.2, 0.25) is 11.8 Å². The Hall–Kier alpha value is -3.15. The van der Waals surface area contributed by atoms with Crippen molar-refractivity contribution in [2.24, 2.45) is 5.92 Å². The fourth-order valence-corrected chi connectivity index (χ4v) is 4.06. The number of anilines is 1. The van der Waals surface area contributed by atoms with Crippen LogP contribution in [0, 0.1) is 5.92 Å². The Bertz CT molecular complexity index is 967. The van der Waals surface area contributed by atoms with Crippen LogP contribution in [0.4, 0.5) is 5.69 Å². The second-order valence-electron chi connectivity index (χ2n) is 8.31. The highest BCUT2D eigenvalue weighted by molar-refractivity contribution is 5.99. The van der Waals surface area contributed by atoms with Crippen LogP contribution in [0.15, 0.2) is 48.5 Å². The van der Waals surface area contributed by atoms with E-state index in [0.29, 0.717) is 37.3 Å². The number of hydrogen-bond donors (Lipinski definition) is 1. The molecule has 6 nitrogen and oxygen atoms in total. The lowest BCUT2D eigenvalue weighted by molar-refractivity contribution is -0.143. The molecule has 32 heavy (non-hydrogen) atoms. The van der Waals surface area contributed by atoms with E-state index in [1.807, 2.05) is 52.0 Å². The molecule has 1 aliphatic heterocycles. The van der Waals surface area contributed by atoms with Gasteiger partial charge in [-0.3, -0.25) is 14.4 Å². The number of amides is 3. The van der Waals surface area contributed by atoms with Crippen molar-refractivity contribution >= 4 is 23.4 Å². The van der Waals surface area contributed by atoms with Crippen molar-refractivity contribution in [3.05, 3.63) is 65.2 Å². The fraction of sp³-hybridized carbons (Fsp3) is 0.423. The van der Waals surface area contributed by atoms with Gasteiger partial charge in [0.05, 0.1) is 0 Å². The SMILES string of the molecule is CC[C@H](C)C(=O)N1Cc2ccccc2C[C@@H]1C(=O)Nc1ccc(C(=O)N(CC)CC)cc1. The van der Waals surface area contributed by atoms with E-state index >= 15 is 0 Å². The molecule has 0 fully saturated rings. The number of benzene rings is 2. The first kappa shape index (κ1) is 23.5. The van der Waals surface area contributed by atoms with Crippen LogP contribution in [0.5, 0.6) is 0 Å². The molecule has 1 N–H and O–H groups in total. The summed E-state index contributed by atoms with van der Waals surface area (Å²) in [7, 11) is 0. The monoisotopic (exact) mass is 435 g/mol. The third-order valence-corrected chi connectivity index (χ3v) is 6.32. The topological polar surface area (TPSA) is 69.7 Å². The molecule has 2 aromatic rings. The van der Waals surface area contributed by atoms with Gasteiger partial charge >= 0.3 is 0 Å². The van der Waals surface area contributed by atoms with Crippen LogP contribution < -0.4 is 5.32 Å². The second-order valence-corrected chi connectivity index (χ2v) is 8.31. The zero-order valence-electron chi connectivity index (χ0n) is 19.4. The third-order valence-electron chi connectivity index (χ3n) is 6.32. The van der Waals surface area contributed by atoms with Gasteiger partial charge in [-0.1, -0.05) is 38.1 Å². The van der Waals surface area contributed by atoms with Crippen LogP contribution in [0.25, 0.3) is 0 Å². The van der Waals surface area contributed by atoms with E-state index in [9.17, 15) is 14.4 Å². The number of fused-ring (bicyclic) bond motifs is 1. The summed E-state index contributed by atoms with van der Waals surface area (Å²) in [6, 6.07) is 14.3. The lowest BCUT2D eigenvalue weighted by atomic mass is 9.92. The van der Waals surface area contributed by atoms with Gasteiger partial charge < -0.3 is 15.1 Å². The molecule has 1 aliphatic rings. The summed E-state index contributed by atoms with van der Waals surface area (Å²) in [5.41, 5.74) is 3.39. The number of hydrogen-bond acceptors (Lipinski definition) is 3. The van der Waals surface area contributed by atoms with Crippen molar-refractivity contribution in [2.45, 2.75) is 53.1 Å². The van der Waals surface area contributed by atoms with Crippen molar-refractivity contribution in [3.63, 3.8) is 0 Å². The maximum atomic E-state index is 13.2. The normalized spacial score (nSPS) is 16.1. The van der Waals surface area contributed by atoms with E-state index in [0.717, 1.165) is 17.5 Å². The predicted octanol–water partition coefficient (Wildman–Crippen LogP) is 4.11. The van der Waals surface area contributed by atoms with Crippen LogP contribution in [0.3, 0.4) is 0 Å². The Morgan fingerprint density at radius 2 is 1.62 bits per heavy atom. The van der Waals surface area contributed by atoms with Gasteiger partial charge in [-0.15, -0.1) is 0 Å². The Kier molecular flexibility index (Phi) is 7.67. The molecule has 170 valence electrons. The molecule has 0 saturated carbocycles. The minimum absolute atomic E-state index is 0.00215. The average Bonchev–Trinajstić information content (AvgIpc) is 2.83. The molecule has 3 rings (SSSR count). The largest absolute Gasteiger partial charge is 0.339 e. The summed E-state index contributed by atoms with van der Waals surface area (Å²) in [6.45, 7) is 9.53. The third kappa shape index (κ3) is 5.01. The van der Waals surface area contributed by atoms with E-state index in [2.05, 4.69) is 5.32 Å². The van der Waals surface area contributed by atoms with Gasteiger partial charge in [-0.05, 0) is 55.7 Å². The molecule has 0 spiro atoms. The van der Waals surface area contributed by atoms with Gasteiger partial charge in [-0.2, -0.15) is 0 Å². The van der Waals surface area contributed by atoms with Gasteiger partial charge in [0, 0.05) is 43.2 Å². The van der Waals surface area contributed by atoms with Crippen molar-refractivity contribution in [1.82, 2.24) is 9.80 Å². The molecule has 6 heteroatoms. The Labute approximate surface area is 190 Å². The molecular formula is C26H33N3O3. The Morgan fingerprint density at radius 3 is 2.22 bits per heavy atom. The summed E-state index contributed by atoms with van der Waals surface area (Å²) >= 11 is 0. The minimum atomic E-state index is -0.566. The zero-order chi connectivity index (χ0) is 23.3. The second kappa shape index (κ2) is 10.4. The molecule has 3 amide bonds. The van der Waals surface area contributed by atoms with Crippen LogP contribution >= 0.6 is 0 Å². The molecule has 2 atom stereocenters. The molecule has 0 saturated heterocycles. The molecule has 0 bridgehead atoms. The quantitative estimate of drug-likeness (QED) is 0.712. The summed E-state index contributed by atoms with van der Waals surface area (Å²) in [4.78, 5) is 42.3. The van der Waals surface area contributed by atoms with Gasteiger partial charge in [0.25, 0.3) is 5.91 Å². The summed E-state index contributed by atoms with van der Waals surface area (Å²) in [5, 5.41) is 2.95. The van der Waals surface area contributed by atoms with Crippen LogP contribution in [0.2, 0.25) is 0 Å². The van der Waals surface area contributed by atoms with E-state index in [1.165, 1.54) is 0 Å². The molecule has 0 aromatic heterocycles. The smallest absolute Gasteiger partial charge is 0.253 e. The maximum Gasteiger partial charge on any atom is 0.253 e. The Balaban J connectivity index is 1.78. The van der Waals surface area contributed by atoms with Crippen LogP contribution in [-0.2, 0) is 22.6 Å². The lowest BCUT2D eigenvalue weighted by Gasteiger charge is -2.37. The first-order valence-electron chi connectivity index (χ1n) is 11.5. The number of nitrogens with one attached hydrogen (secondary N) is 1. The van der Waals surface area contributed by atoms with E-state index in [1.54, 1.807) is 34.1 Å². The molecule has 0 unspecified atom stereocenters. The first-order valence-corrected chi connectivity index (χ1v) is 11.5. The molecular weight excluding hydrogens is 402 g/mol. The summed E-state index contributed by atoms with van der Waals surface area (Å²) in [5.74, 6) is -0.371. The molecule has 2 aromatic carbocycles. The fourth-order valence-electron chi connectivity index (χ4n) is 4.06. The van der Waals surface area contributed by atoms with E-state index < -0.39 is 6.04 Å². The highest BCUT2D eigenvalue weighted by Gasteiger charge is 2.35. The van der Waals surface area contributed by atoms with Crippen LogP contribution in [-0.4, -0.2) is 46.7 Å². The minimum Gasteiger partial charge on any atom is -0.339 e. The van der Waals surface area contributed by atoms with Crippen molar-refractivity contribution in [2.75, 3.05) is 18.4 Å². The lowest BCUT2D eigenvalue weighted by Crippen LogP contribution is -2.52. The first-order chi connectivity index (χ1) is 15.4. The van der Waals surface area contributed by atoms with Gasteiger partial charge in [-0.25, -0.2) is 0 Å². The Morgan fingerprint density at radius 1 is 1.00 bits per heavy atom. The predicted molar refractivity (Wildman–Crippen MR) is 126 cm³/mol.